The molecule has 0 aliphatic rings. The predicted molar refractivity (Wildman–Crippen MR) is 89.0 cm³/mol. The van der Waals surface area contributed by atoms with Crippen LogP contribution in [0.25, 0.3) is 0 Å². The summed E-state index contributed by atoms with van der Waals surface area (Å²) in [6.45, 7) is 2.17. The van der Waals surface area contributed by atoms with Crippen LogP contribution in [0.15, 0.2) is 48.5 Å². The summed E-state index contributed by atoms with van der Waals surface area (Å²) < 4.78 is 4.79. The van der Waals surface area contributed by atoms with Crippen LogP contribution in [0.1, 0.15) is 22.8 Å². The van der Waals surface area contributed by atoms with Crippen molar-refractivity contribution in [2.24, 2.45) is 0 Å². The normalized spacial score (nSPS) is 9.43. The van der Waals surface area contributed by atoms with Crippen LogP contribution in [0, 0.1) is 0 Å². The summed E-state index contributed by atoms with van der Waals surface area (Å²) in [4.78, 5) is 21.3. The zero-order valence-electron chi connectivity index (χ0n) is 12.9. The van der Waals surface area contributed by atoms with Gasteiger partial charge in [-0.05, 0) is 48.9 Å². The molecule has 0 radical (unpaired) electrons. The molecule has 0 fully saturated rings. The fourth-order valence-corrected chi connectivity index (χ4v) is 1.71. The number of esters is 1. The van der Waals surface area contributed by atoms with Gasteiger partial charge in [0.05, 0.1) is 18.6 Å². The number of aliphatic carboxylic acids is 1. The van der Waals surface area contributed by atoms with Gasteiger partial charge in [-0.2, -0.15) is 0 Å². The molecule has 0 amide bonds. The fourth-order valence-electron chi connectivity index (χ4n) is 1.71. The maximum atomic E-state index is 11.1. The molecular weight excluding hydrogens is 296 g/mol. The molecule has 0 spiro atoms. The largest absolute Gasteiger partial charge is 0.481 e. The zero-order valence-corrected chi connectivity index (χ0v) is 12.9. The number of hydrogen-bond acceptors (Lipinski definition) is 5. The first-order valence-corrected chi connectivity index (χ1v) is 7.01. The van der Waals surface area contributed by atoms with Crippen molar-refractivity contribution in [2.75, 3.05) is 18.1 Å². The molecule has 5 N–H and O–H groups in total. The average molecular weight is 316 g/mol. The second-order valence-electron chi connectivity index (χ2n) is 4.66. The Labute approximate surface area is 134 Å². The topological polar surface area (TPSA) is 116 Å². The van der Waals surface area contributed by atoms with Crippen molar-refractivity contribution < 1.29 is 19.4 Å². The Morgan fingerprint density at radius 2 is 1.70 bits per heavy atom. The van der Waals surface area contributed by atoms with Crippen molar-refractivity contribution in [1.29, 1.82) is 0 Å². The molecule has 0 aromatic heterocycles. The number of ether oxygens (including phenoxy) is 1. The average Bonchev–Trinajstić information content (AvgIpc) is 2.48. The molecule has 0 atom stereocenters. The van der Waals surface area contributed by atoms with E-state index in [-0.39, 0.29) is 12.4 Å². The second kappa shape index (κ2) is 9.09. The lowest BCUT2D eigenvalue weighted by Crippen LogP contribution is -2.04. The van der Waals surface area contributed by atoms with Gasteiger partial charge in [-0.1, -0.05) is 12.1 Å². The van der Waals surface area contributed by atoms with E-state index >= 15 is 0 Å². The smallest absolute Gasteiger partial charge is 0.338 e. The number of nitrogens with two attached hydrogens (primary N) is 2. The number of carbonyl (C=O) groups is 2. The third-order valence-corrected chi connectivity index (χ3v) is 2.73. The summed E-state index contributed by atoms with van der Waals surface area (Å²) >= 11 is 0. The van der Waals surface area contributed by atoms with Crippen LogP contribution in [-0.2, 0) is 16.0 Å². The third kappa shape index (κ3) is 6.99. The van der Waals surface area contributed by atoms with Gasteiger partial charge in [0.2, 0.25) is 0 Å². The molecule has 122 valence electrons. The summed E-state index contributed by atoms with van der Waals surface area (Å²) in [7, 11) is 0. The Bertz CT molecular complexity index is 654. The number of carbonyl (C=O) groups excluding carboxylic acids is 1. The standard InChI is InChI=1S/C9H11NO2.C8H9NO2/c1-2-12-9(11)7-3-5-8(10)6-4-7;9-7-3-1-2-6(4-7)5-8(10)11/h3-6H,2,10H2,1H3;1-4H,5,9H2,(H,10,11). The Morgan fingerprint density at radius 3 is 2.22 bits per heavy atom. The van der Waals surface area contributed by atoms with Crippen LogP contribution in [0.3, 0.4) is 0 Å². The molecule has 6 nitrogen and oxygen atoms in total. The summed E-state index contributed by atoms with van der Waals surface area (Å²) in [5.74, 6) is -1.15. The zero-order chi connectivity index (χ0) is 17.2. The van der Waals surface area contributed by atoms with Gasteiger partial charge in [-0.15, -0.1) is 0 Å². The number of carboxylic acids is 1. The maximum absolute atomic E-state index is 11.1. The van der Waals surface area contributed by atoms with Gasteiger partial charge in [0.15, 0.2) is 0 Å². The van der Waals surface area contributed by atoms with Gasteiger partial charge in [0.25, 0.3) is 0 Å². The highest BCUT2D eigenvalue weighted by molar-refractivity contribution is 5.89. The van der Waals surface area contributed by atoms with E-state index < -0.39 is 5.97 Å². The minimum atomic E-state index is -0.837. The number of carboxylic acid groups (broad SMARTS) is 1. The Morgan fingerprint density at radius 1 is 1.04 bits per heavy atom. The van der Waals surface area contributed by atoms with Crippen molar-refractivity contribution in [1.82, 2.24) is 0 Å². The van der Waals surface area contributed by atoms with E-state index in [1.54, 1.807) is 55.5 Å². The molecule has 0 aliphatic carbocycles. The van der Waals surface area contributed by atoms with Crippen LogP contribution in [0.4, 0.5) is 11.4 Å². The summed E-state index contributed by atoms with van der Waals surface area (Å²) in [6.07, 6.45) is 0.0328. The molecule has 0 bridgehead atoms. The van der Waals surface area contributed by atoms with Crippen LogP contribution >= 0.6 is 0 Å². The van der Waals surface area contributed by atoms with Crippen molar-refractivity contribution >= 4 is 23.3 Å². The molecule has 0 saturated carbocycles. The molecule has 2 aromatic rings. The van der Waals surface area contributed by atoms with Crippen LogP contribution in [0.2, 0.25) is 0 Å². The van der Waals surface area contributed by atoms with E-state index in [4.69, 9.17) is 21.3 Å². The van der Waals surface area contributed by atoms with Crippen molar-refractivity contribution in [2.45, 2.75) is 13.3 Å². The SMILES string of the molecule is CCOC(=O)c1ccc(N)cc1.Nc1cccc(CC(=O)O)c1. The van der Waals surface area contributed by atoms with Gasteiger partial charge in [0.1, 0.15) is 0 Å². The van der Waals surface area contributed by atoms with E-state index in [0.717, 1.165) is 5.56 Å². The Hall–Kier alpha value is -3.02. The predicted octanol–water partition coefficient (Wildman–Crippen LogP) is 2.34. The second-order valence-corrected chi connectivity index (χ2v) is 4.66. The number of anilines is 2. The number of nitrogen functional groups attached to an aromatic ring is 2. The lowest BCUT2D eigenvalue weighted by molar-refractivity contribution is -0.136. The highest BCUT2D eigenvalue weighted by atomic mass is 16.5. The molecule has 0 heterocycles. The monoisotopic (exact) mass is 316 g/mol. The quantitative estimate of drug-likeness (QED) is 0.589. The summed E-state index contributed by atoms with van der Waals surface area (Å²) in [6, 6.07) is 13.5. The number of hydrogen-bond donors (Lipinski definition) is 3. The van der Waals surface area contributed by atoms with E-state index in [9.17, 15) is 9.59 Å². The highest BCUT2D eigenvalue weighted by Crippen LogP contribution is 2.07. The summed E-state index contributed by atoms with van der Waals surface area (Å²) in [5.41, 5.74) is 13.4. The van der Waals surface area contributed by atoms with E-state index in [1.165, 1.54) is 0 Å². The number of benzene rings is 2. The minimum absolute atomic E-state index is 0.0328. The van der Waals surface area contributed by atoms with Gasteiger partial charge in [-0.25, -0.2) is 4.79 Å². The first-order valence-electron chi connectivity index (χ1n) is 7.01. The fraction of sp³-hybridized carbons (Fsp3) is 0.176. The van der Waals surface area contributed by atoms with E-state index in [0.29, 0.717) is 23.5 Å². The minimum Gasteiger partial charge on any atom is -0.481 e. The van der Waals surface area contributed by atoms with Crippen molar-refractivity contribution in [3.05, 3.63) is 59.7 Å². The maximum Gasteiger partial charge on any atom is 0.338 e. The van der Waals surface area contributed by atoms with Crippen LogP contribution in [-0.4, -0.2) is 23.7 Å². The van der Waals surface area contributed by atoms with Crippen molar-refractivity contribution in [3.8, 4) is 0 Å². The van der Waals surface area contributed by atoms with Crippen LogP contribution in [0.5, 0.6) is 0 Å². The highest BCUT2D eigenvalue weighted by Gasteiger charge is 2.03. The van der Waals surface area contributed by atoms with Gasteiger partial charge < -0.3 is 21.3 Å². The van der Waals surface area contributed by atoms with Crippen LogP contribution < -0.4 is 11.5 Å². The molecular formula is C17H20N2O4. The lowest BCUT2D eigenvalue weighted by atomic mass is 10.1. The molecule has 23 heavy (non-hydrogen) atoms. The van der Waals surface area contributed by atoms with Gasteiger partial charge >= 0.3 is 11.9 Å². The molecule has 2 rings (SSSR count). The van der Waals surface area contributed by atoms with E-state index in [2.05, 4.69) is 0 Å². The van der Waals surface area contributed by atoms with Gasteiger partial charge in [-0.3, -0.25) is 4.79 Å². The molecule has 0 aliphatic heterocycles. The lowest BCUT2D eigenvalue weighted by Gasteiger charge is -2.00. The Balaban J connectivity index is 0.000000231. The first kappa shape index (κ1) is 18.0. The molecule has 6 heteroatoms. The van der Waals surface area contributed by atoms with Gasteiger partial charge in [0, 0.05) is 11.4 Å². The Kier molecular flexibility index (Phi) is 7.13. The third-order valence-electron chi connectivity index (χ3n) is 2.73. The summed E-state index contributed by atoms with van der Waals surface area (Å²) in [5, 5.41) is 8.42. The molecule has 2 aromatic carbocycles. The number of rotatable bonds is 4. The molecule has 0 unspecified atom stereocenters. The van der Waals surface area contributed by atoms with E-state index in [1.807, 2.05) is 0 Å². The molecule has 0 saturated heterocycles. The van der Waals surface area contributed by atoms with Crippen molar-refractivity contribution in [3.63, 3.8) is 0 Å². The first-order chi connectivity index (χ1) is 10.9.